The maximum absolute atomic E-state index is 11.1. The van der Waals surface area contributed by atoms with Crippen molar-refractivity contribution in [3.8, 4) is 0 Å². The lowest BCUT2D eigenvalue weighted by atomic mass is 9.96. The molecular formula is C8H20Cl2N2OS. The number of piperidine rings is 1. The lowest BCUT2D eigenvalue weighted by molar-refractivity contribution is 0.366. The summed E-state index contributed by atoms with van der Waals surface area (Å²) in [6.45, 7) is 2.18. The van der Waals surface area contributed by atoms with E-state index in [0.29, 0.717) is 11.7 Å². The van der Waals surface area contributed by atoms with Gasteiger partial charge in [-0.2, -0.15) is 0 Å². The summed E-state index contributed by atoms with van der Waals surface area (Å²) in [5, 5.41) is 3.29. The molecule has 0 bridgehead atoms. The molecule has 0 aliphatic carbocycles. The fourth-order valence-corrected chi connectivity index (χ4v) is 2.35. The second-order valence-corrected chi connectivity index (χ2v) is 6.11. The minimum absolute atomic E-state index is 0. The molecular weight excluding hydrogens is 243 g/mol. The molecule has 1 unspecified atom stereocenters. The summed E-state index contributed by atoms with van der Waals surface area (Å²) in [5.74, 6) is 1.29. The first-order chi connectivity index (χ1) is 5.58. The molecule has 1 saturated heterocycles. The van der Waals surface area contributed by atoms with Crippen LogP contribution < -0.4 is 5.32 Å². The highest BCUT2D eigenvalue weighted by molar-refractivity contribution is 7.91. The van der Waals surface area contributed by atoms with E-state index < -0.39 is 9.73 Å². The van der Waals surface area contributed by atoms with Crippen molar-refractivity contribution in [3.05, 3.63) is 0 Å². The standard InChI is InChI=1S/C8H18N2OS.2ClH/c1-12(9,11)7-4-8-2-5-10-6-3-8;;/h8-10H,2-7H2,1H3;2*1H. The van der Waals surface area contributed by atoms with Crippen LogP contribution in [0.2, 0.25) is 0 Å². The van der Waals surface area contributed by atoms with Gasteiger partial charge in [-0.3, -0.25) is 8.99 Å². The first kappa shape index (κ1) is 16.9. The largest absolute Gasteiger partial charge is 0.317 e. The quantitative estimate of drug-likeness (QED) is 0.817. The Labute approximate surface area is 99.2 Å². The first-order valence-electron chi connectivity index (χ1n) is 4.50. The molecule has 1 fully saturated rings. The SMILES string of the molecule is CS(=N)(=O)CCC1CCNCC1.Cl.Cl. The lowest BCUT2D eigenvalue weighted by Crippen LogP contribution is -2.28. The van der Waals surface area contributed by atoms with Crippen LogP contribution in [0, 0.1) is 10.7 Å². The van der Waals surface area contributed by atoms with E-state index >= 15 is 0 Å². The third-order valence-electron chi connectivity index (χ3n) is 2.37. The van der Waals surface area contributed by atoms with E-state index in [4.69, 9.17) is 4.78 Å². The maximum Gasteiger partial charge on any atom is 0.0412 e. The van der Waals surface area contributed by atoms with Crippen LogP contribution in [-0.4, -0.2) is 29.3 Å². The predicted molar refractivity (Wildman–Crippen MR) is 66.4 cm³/mol. The third-order valence-corrected chi connectivity index (χ3v) is 3.39. The van der Waals surface area contributed by atoms with Gasteiger partial charge in [0, 0.05) is 21.7 Å². The van der Waals surface area contributed by atoms with Crippen LogP contribution in [-0.2, 0) is 9.73 Å². The normalized spacial score (nSPS) is 21.5. The Hall–Kier alpha value is 0.490. The molecule has 0 saturated carbocycles. The van der Waals surface area contributed by atoms with Crippen molar-refractivity contribution >= 4 is 34.5 Å². The van der Waals surface area contributed by atoms with E-state index in [9.17, 15) is 4.21 Å². The van der Waals surface area contributed by atoms with Gasteiger partial charge in [-0.1, -0.05) is 0 Å². The molecule has 2 N–H and O–H groups in total. The average Bonchev–Trinajstić information content (AvgIpc) is 2.02. The van der Waals surface area contributed by atoms with Gasteiger partial charge in [-0.25, -0.2) is 0 Å². The van der Waals surface area contributed by atoms with E-state index in [2.05, 4.69) is 5.32 Å². The van der Waals surface area contributed by atoms with Gasteiger partial charge in [-0.05, 0) is 38.3 Å². The predicted octanol–water partition coefficient (Wildman–Crippen LogP) is 1.90. The van der Waals surface area contributed by atoms with Gasteiger partial charge >= 0.3 is 0 Å². The first-order valence-corrected chi connectivity index (χ1v) is 6.63. The van der Waals surface area contributed by atoms with Crippen molar-refractivity contribution in [3.63, 3.8) is 0 Å². The fraction of sp³-hybridized carbons (Fsp3) is 1.00. The molecule has 1 atom stereocenters. The smallest absolute Gasteiger partial charge is 0.0412 e. The van der Waals surface area contributed by atoms with Crippen LogP contribution in [0.15, 0.2) is 0 Å². The van der Waals surface area contributed by atoms with E-state index in [1.54, 1.807) is 0 Å². The second-order valence-electron chi connectivity index (χ2n) is 3.69. The van der Waals surface area contributed by atoms with Gasteiger partial charge in [-0.15, -0.1) is 24.8 Å². The molecule has 1 aliphatic rings. The van der Waals surface area contributed by atoms with E-state index in [0.717, 1.165) is 19.5 Å². The molecule has 0 aromatic heterocycles. The minimum Gasteiger partial charge on any atom is -0.317 e. The Kier molecular flexibility index (Phi) is 9.34. The molecule has 0 amide bonds. The topological polar surface area (TPSA) is 53.0 Å². The zero-order chi connectivity index (χ0) is 9.03. The molecule has 0 radical (unpaired) electrons. The molecule has 1 heterocycles. The maximum atomic E-state index is 11.1. The number of nitrogens with one attached hydrogen (secondary N) is 2. The van der Waals surface area contributed by atoms with E-state index in [1.165, 1.54) is 19.1 Å². The molecule has 0 spiro atoms. The van der Waals surface area contributed by atoms with Crippen LogP contribution >= 0.6 is 24.8 Å². The Morgan fingerprint density at radius 3 is 2.29 bits per heavy atom. The van der Waals surface area contributed by atoms with Gasteiger partial charge in [0.05, 0.1) is 0 Å². The number of halogens is 2. The van der Waals surface area contributed by atoms with Crippen molar-refractivity contribution in [2.75, 3.05) is 25.1 Å². The zero-order valence-corrected chi connectivity index (χ0v) is 10.9. The van der Waals surface area contributed by atoms with Crippen LogP contribution in [0.1, 0.15) is 19.3 Å². The van der Waals surface area contributed by atoms with Gasteiger partial charge in [0.2, 0.25) is 0 Å². The Balaban J connectivity index is 0. The van der Waals surface area contributed by atoms with E-state index in [-0.39, 0.29) is 24.8 Å². The molecule has 14 heavy (non-hydrogen) atoms. The molecule has 3 nitrogen and oxygen atoms in total. The molecule has 1 rings (SSSR count). The van der Waals surface area contributed by atoms with Gasteiger partial charge in [0.1, 0.15) is 0 Å². The van der Waals surface area contributed by atoms with Crippen LogP contribution in [0.5, 0.6) is 0 Å². The second kappa shape index (κ2) is 7.74. The summed E-state index contributed by atoms with van der Waals surface area (Å²) in [4.78, 5) is 0. The van der Waals surface area contributed by atoms with Gasteiger partial charge in [0.25, 0.3) is 0 Å². The van der Waals surface area contributed by atoms with Crippen LogP contribution in [0.3, 0.4) is 0 Å². The number of rotatable bonds is 3. The van der Waals surface area contributed by atoms with Crippen molar-refractivity contribution < 1.29 is 4.21 Å². The van der Waals surface area contributed by atoms with Crippen molar-refractivity contribution in [2.45, 2.75) is 19.3 Å². The minimum atomic E-state index is -2.24. The monoisotopic (exact) mass is 262 g/mol. The zero-order valence-electron chi connectivity index (χ0n) is 8.45. The molecule has 0 aromatic carbocycles. The number of hydrogen-bond acceptors (Lipinski definition) is 3. The lowest BCUT2D eigenvalue weighted by Gasteiger charge is -2.22. The van der Waals surface area contributed by atoms with Crippen LogP contribution in [0.4, 0.5) is 0 Å². The van der Waals surface area contributed by atoms with Crippen molar-refractivity contribution in [2.24, 2.45) is 5.92 Å². The summed E-state index contributed by atoms with van der Waals surface area (Å²) < 4.78 is 18.3. The van der Waals surface area contributed by atoms with Gasteiger partial charge in [0.15, 0.2) is 0 Å². The average molecular weight is 263 g/mol. The third kappa shape index (κ3) is 7.85. The van der Waals surface area contributed by atoms with E-state index in [1.807, 2.05) is 0 Å². The Morgan fingerprint density at radius 1 is 1.36 bits per heavy atom. The molecule has 0 aromatic rings. The van der Waals surface area contributed by atoms with Crippen molar-refractivity contribution in [1.29, 1.82) is 4.78 Å². The van der Waals surface area contributed by atoms with Crippen molar-refractivity contribution in [1.82, 2.24) is 5.32 Å². The highest BCUT2D eigenvalue weighted by Gasteiger charge is 2.13. The van der Waals surface area contributed by atoms with Crippen LogP contribution in [0.25, 0.3) is 0 Å². The Bertz CT molecular complexity index is 225. The molecule has 6 heteroatoms. The van der Waals surface area contributed by atoms with Gasteiger partial charge < -0.3 is 5.32 Å². The summed E-state index contributed by atoms with van der Waals surface area (Å²) >= 11 is 0. The highest BCUT2D eigenvalue weighted by atomic mass is 35.5. The Morgan fingerprint density at radius 2 is 1.86 bits per heavy atom. The summed E-state index contributed by atoms with van der Waals surface area (Å²) in [5.41, 5.74) is 0. The highest BCUT2D eigenvalue weighted by Crippen LogP contribution is 2.16. The fourth-order valence-electron chi connectivity index (χ4n) is 1.56. The summed E-state index contributed by atoms with van der Waals surface area (Å²) in [6.07, 6.45) is 4.89. The summed E-state index contributed by atoms with van der Waals surface area (Å²) in [7, 11) is -2.24. The number of hydrogen-bond donors (Lipinski definition) is 2. The molecule has 1 aliphatic heterocycles. The molecule has 88 valence electrons. The summed E-state index contributed by atoms with van der Waals surface area (Å²) in [6, 6.07) is 0.